The van der Waals surface area contributed by atoms with Crippen LogP contribution in [0.4, 0.5) is 0 Å². The molecule has 2 rings (SSSR count). The van der Waals surface area contributed by atoms with Gasteiger partial charge in [-0.25, -0.2) is 4.98 Å². The van der Waals surface area contributed by atoms with Crippen molar-refractivity contribution < 1.29 is 4.74 Å². The molecule has 0 unspecified atom stereocenters. The minimum atomic E-state index is 0.525. The van der Waals surface area contributed by atoms with Gasteiger partial charge in [0, 0.05) is 22.7 Å². The molecular weight excluding hydrogens is 307 g/mol. The van der Waals surface area contributed by atoms with Crippen molar-refractivity contribution in [3.05, 3.63) is 52.1 Å². The minimum absolute atomic E-state index is 0.525. The summed E-state index contributed by atoms with van der Waals surface area (Å²) in [6, 6.07) is 10.8. The second kappa shape index (κ2) is 7.64. The average Bonchev–Trinajstić information content (AvgIpc) is 2.37. The SMILES string of the molecule is CC(C)CNCc1cccc(Oc2cc(Cl)cc(Cl)c2)n1. The van der Waals surface area contributed by atoms with E-state index >= 15 is 0 Å². The van der Waals surface area contributed by atoms with Gasteiger partial charge < -0.3 is 10.1 Å². The molecule has 1 aromatic heterocycles. The second-order valence-corrected chi connectivity index (χ2v) is 6.07. The van der Waals surface area contributed by atoms with Gasteiger partial charge in [-0.3, -0.25) is 0 Å². The van der Waals surface area contributed by atoms with Gasteiger partial charge >= 0.3 is 0 Å². The van der Waals surface area contributed by atoms with Gasteiger partial charge in [0.25, 0.3) is 0 Å². The predicted octanol–water partition coefficient (Wildman–Crippen LogP) is 4.93. The smallest absolute Gasteiger partial charge is 0.219 e. The molecular formula is C16H18Cl2N2O. The van der Waals surface area contributed by atoms with Crippen LogP contribution >= 0.6 is 23.2 Å². The Bertz CT molecular complexity index is 582. The van der Waals surface area contributed by atoms with E-state index in [9.17, 15) is 0 Å². The number of hydrogen-bond donors (Lipinski definition) is 1. The molecule has 5 heteroatoms. The topological polar surface area (TPSA) is 34.1 Å². The Morgan fingerprint density at radius 2 is 1.86 bits per heavy atom. The van der Waals surface area contributed by atoms with Crippen molar-refractivity contribution in [2.24, 2.45) is 5.92 Å². The molecule has 0 bridgehead atoms. The fourth-order valence-corrected chi connectivity index (χ4v) is 2.32. The zero-order valence-corrected chi connectivity index (χ0v) is 13.6. The lowest BCUT2D eigenvalue weighted by molar-refractivity contribution is 0.458. The molecule has 1 aromatic carbocycles. The van der Waals surface area contributed by atoms with E-state index in [1.807, 2.05) is 12.1 Å². The molecule has 112 valence electrons. The quantitative estimate of drug-likeness (QED) is 0.818. The van der Waals surface area contributed by atoms with E-state index in [0.717, 1.165) is 12.2 Å². The highest BCUT2D eigenvalue weighted by atomic mass is 35.5. The van der Waals surface area contributed by atoms with Gasteiger partial charge in [-0.15, -0.1) is 0 Å². The third kappa shape index (κ3) is 5.54. The first-order valence-electron chi connectivity index (χ1n) is 6.83. The van der Waals surface area contributed by atoms with Gasteiger partial charge in [0.2, 0.25) is 5.88 Å². The van der Waals surface area contributed by atoms with E-state index in [1.165, 1.54) is 0 Å². The summed E-state index contributed by atoms with van der Waals surface area (Å²) < 4.78 is 5.70. The van der Waals surface area contributed by atoms with Crippen molar-refractivity contribution in [3.8, 4) is 11.6 Å². The standard InChI is InChI=1S/C16H18Cl2N2O/c1-11(2)9-19-10-14-4-3-5-16(20-14)21-15-7-12(17)6-13(18)8-15/h3-8,11,19H,9-10H2,1-2H3. The third-order valence-electron chi connectivity index (χ3n) is 2.70. The maximum atomic E-state index is 5.95. The molecule has 1 N–H and O–H groups in total. The van der Waals surface area contributed by atoms with Crippen molar-refractivity contribution in [2.75, 3.05) is 6.54 Å². The van der Waals surface area contributed by atoms with E-state index in [4.69, 9.17) is 27.9 Å². The number of nitrogens with zero attached hydrogens (tertiary/aromatic N) is 1. The van der Waals surface area contributed by atoms with Crippen LogP contribution in [0.2, 0.25) is 10.0 Å². The van der Waals surface area contributed by atoms with Gasteiger partial charge in [-0.1, -0.05) is 43.1 Å². The monoisotopic (exact) mass is 324 g/mol. The molecule has 2 aromatic rings. The van der Waals surface area contributed by atoms with Crippen LogP contribution in [0.15, 0.2) is 36.4 Å². The molecule has 0 aliphatic rings. The average molecular weight is 325 g/mol. The third-order valence-corrected chi connectivity index (χ3v) is 3.13. The van der Waals surface area contributed by atoms with E-state index in [-0.39, 0.29) is 0 Å². The molecule has 0 aliphatic carbocycles. The number of aromatic nitrogens is 1. The highest BCUT2D eigenvalue weighted by molar-refractivity contribution is 6.34. The largest absolute Gasteiger partial charge is 0.439 e. The molecule has 0 amide bonds. The lowest BCUT2D eigenvalue weighted by atomic mass is 10.2. The van der Waals surface area contributed by atoms with Crippen LogP contribution in [0, 0.1) is 5.92 Å². The van der Waals surface area contributed by atoms with Crippen molar-refractivity contribution in [3.63, 3.8) is 0 Å². The molecule has 0 radical (unpaired) electrons. The maximum absolute atomic E-state index is 5.95. The summed E-state index contributed by atoms with van der Waals surface area (Å²) in [5.41, 5.74) is 0.932. The van der Waals surface area contributed by atoms with Gasteiger partial charge in [0.15, 0.2) is 0 Å². The van der Waals surface area contributed by atoms with Gasteiger partial charge in [-0.05, 0) is 36.7 Å². The highest BCUT2D eigenvalue weighted by Crippen LogP contribution is 2.27. The lowest BCUT2D eigenvalue weighted by Gasteiger charge is -2.09. The summed E-state index contributed by atoms with van der Waals surface area (Å²) >= 11 is 11.9. The van der Waals surface area contributed by atoms with Crippen molar-refractivity contribution in [1.82, 2.24) is 10.3 Å². The van der Waals surface area contributed by atoms with E-state index in [1.54, 1.807) is 24.3 Å². The van der Waals surface area contributed by atoms with Crippen LogP contribution < -0.4 is 10.1 Å². The Morgan fingerprint density at radius 3 is 2.52 bits per heavy atom. The summed E-state index contributed by atoms with van der Waals surface area (Å²) in [5.74, 6) is 1.71. The number of rotatable bonds is 6. The Labute approximate surface area is 135 Å². The summed E-state index contributed by atoms with van der Waals surface area (Å²) in [6.07, 6.45) is 0. The Morgan fingerprint density at radius 1 is 1.14 bits per heavy atom. The van der Waals surface area contributed by atoms with E-state index in [0.29, 0.717) is 34.1 Å². The van der Waals surface area contributed by atoms with Crippen molar-refractivity contribution >= 4 is 23.2 Å². The Kier molecular flexibility index (Phi) is 5.85. The number of benzene rings is 1. The first kappa shape index (κ1) is 16.1. The van der Waals surface area contributed by atoms with Crippen LogP contribution in [0.25, 0.3) is 0 Å². The summed E-state index contributed by atoms with van der Waals surface area (Å²) in [6.45, 7) is 6.01. The van der Waals surface area contributed by atoms with Crippen LogP contribution in [-0.2, 0) is 6.54 Å². The molecule has 21 heavy (non-hydrogen) atoms. The Hall–Kier alpha value is -1.29. The number of halogens is 2. The predicted molar refractivity (Wildman–Crippen MR) is 87.3 cm³/mol. The maximum Gasteiger partial charge on any atom is 0.219 e. The number of nitrogens with one attached hydrogen (secondary N) is 1. The molecule has 0 saturated heterocycles. The fourth-order valence-electron chi connectivity index (χ4n) is 1.81. The second-order valence-electron chi connectivity index (χ2n) is 5.20. The summed E-state index contributed by atoms with van der Waals surface area (Å²) in [7, 11) is 0. The van der Waals surface area contributed by atoms with Crippen molar-refractivity contribution in [1.29, 1.82) is 0 Å². The lowest BCUT2D eigenvalue weighted by Crippen LogP contribution is -2.19. The van der Waals surface area contributed by atoms with Crippen LogP contribution in [0.3, 0.4) is 0 Å². The molecule has 0 spiro atoms. The summed E-state index contributed by atoms with van der Waals surface area (Å²) in [4.78, 5) is 4.45. The number of ether oxygens (including phenoxy) is 1. The fraction of sp³-hybridized carbons (Fsp3) is 0.312. The van der Waals surface area contributed by atoms with E-state index < -0.39 is 0 Å². The van der Waals surface area contributed by atoms with Crippen LogP contribution in [0.1, 0.15) is 19.5 Å². The van der Waals surface area contributed by atoms with Crippen LogP contribution in [0.5, 0.6) is 11.6 Å². The number of pyridine rings is 1. The van der Waals surface area contributed by atoms with Crippen LogP contribution in [-0.4, -0.2) is 11.5 Å². The summed E-state index contributed by atoms with van der Waals surface area (Å²) in [5, 5.41) is 4.42. The first-order chi connectivity index (χ1) is 10.0. The highest BCUT2D eigenvalue weighted by Gasteiger charge is 2.04. The van der Waals surface area contributed by atoms with E-state index in [2.05, 4.69) is 24.1 Å². The van der Waals surface area contributed by atoms with Gasteiger partial charge in [0.05, 0.1) is 5.69 Å². The molecule has 0 saturated carbocycles. The Balaban J connectivity index is 2.03. The van der Waals surface area contributed by atoms with Gasteiger partial charge in [-0.2, -0.15) is 0 Å². The molecule has 3 nitrogen and oxygen atoms in total. The number of hydrogen-bond acceptors (Lipinski definition) is 3. The first-order valence-corrected chi connectivity index (χ1v) is 7.59. The zero-order valence-electron chi connectivity index (χ0n) is 12.1. The zero-order chi connectivity index (χ0) is 15.2. The normalized spacial score (nSPS) is 10.9. The van der Waals surface area contributed by atoms with Crippen molar-refractivity contribution in [2.45, 2.75) is 20.4 Å². The van der Waals surface area contributed by atoms with Gasteiger partial charge in [0.1, 0.15) is 5.75 Å². The minimum Gasteiger partial charge on any atom is -0.439 e. The molecule has 1 heterocycles. The molecule has 0 atom stereocenters. The molecule has 0 aliphatic heterocycles. The molecule has 0 fully saturated rings.